The topological polar surface area (TPSA) is 115 Å². The lowest BCUT2D eigenvalue weighted by molar-refractivity contribution is -0.152. The first kappa shape index (κ1) is 25.5. The lowest BCUT2D eigenvalue weighted by Crippen LogP contribution is -2.57. The zero-order chi connectivity index (χ0) is 24.5. The Labute approximate surface area is 200 Å². The molecule has 184 valence electrons. The normalized spacial score (nSPS) is 17.7. The van der Waals surface area contributed by atoms with Gasteiger partial charge in [-0.05, 0) is 62.9 Å². The zero-order valence-electron chi connectivity index (χ0n) is 19.8. The van der Waals surface area contributed by atoms with Crippen LogP contribution in [0, 0.1) is 5.92 Å². The van der Waals surface area contributed by atoms with E-state index in [1.165, 1.54) is 5.48 Å². The van der Waals surface area contributed by atoms with Gasteiger partial charge in [0, 0.05) is 31.9 Å². The number of hydroxylamine groups is 1. The van der Waals surface area contributed by atoms with Gasteiger partial charge in [0.2, 0.25) is 5.91 Å². The Balaban J connectivity index is 1.63. The van der Waals surface area contributed by atoms with Crippen LogP contribution in [0.25, 0.3) is 0 Å². The molecule has 34 heavy (non-hydrogen) atoms. The molecule has 0 unspecified atom stereocenters. The molecule has 3 N–H and O–H groups in total. The first-order chi connectivity index (χ1) is 16.4. The van der Waals surface area contributed by atoms with Crippen LogP contribution in [-0.4, -0.2) is 70.4 Å². The van der Waals surface area contributed by atoms with Crippen molar-refractivity contribution in [3.05, 3.63) is 54.2 Å². The standard InChI is InChI=1S/C25H34N4O5/c1-3-34-20-12-10-19(11-13-20)7-6-8-21(23(30)24(31)27-33)25(32)29-16-15-28(17-18(29)2)22-9-4-5-14-26-22/h4-5,9-14,18,21,23,30,33H,3,6-8,15-17H2,1-2H3,(H,27,31)/t18-,21+,23-/m0/s1. The van der Waals surface area contributed by atoms with E-state index in [2.05, 4.69) is 9.88 Å². The summed E-state index contributed by atoms with van der Waals surface area (Å²) in [6, 6.07) is 13.3. The van der Waals surface area contributed by atoms with Gasteiger partial charge in [-0.2, -0.15) is 0 Å². The third-order valence-electron chi connectivity index (χ3n) is 6.18. The van der Waals surface area contributed by atoms with Crippen LogP contribution < -0.4 is 15.1 Å². The quantitative estimate of drug-likeness (QED) is 0.359. The molecule has 3 atom stereocenters. The Kier molecular flexibility index (Phi) is 9.24. The van der Waals surface area contributed by atoms with E-state index in [1.54, 1.807) is 11.1 Å². The van der Waals surface area contributed by atoms with Crippen molar-refractivity contribution in [1.82, 2.24) is 15.4 Å². The molecule has 1 fully saturated rings. The van der Waals surface area contributed by atoms with E-state index in [9.17, 15) is 14.7 Å². The van der Waals surface area contributed by atoms with Crippen molar-refractivity contribution < 1.29 is 24.6 Å². The molecule has 0 bridgehead atoms. The Morgan fingerprint density at radius 2 is 1.97 bits per heavy atom. The predicted molar refractivity (Wildman–Crippen MR) is 128 cm³/mol. The number of piperazine rings is 1. The number of carbonyl (C=O) groups excluding carboxylic acids is 2. The SMILES string of the molecule is CCOc1ccc(CCC[C@@H](C(=O)N2CCN(c3ccccn3)C[C@@H]2C)[C@H](O)C(=O)NO)cc1. The van der Waals surface area contributed by atoms with Crippen LogP contribution in [0.4, 0.5) is 5.82 Å². The van der Waals surface area contributed by atoms with Crippen molar-refractivity contribution in [2.75, 3.05) is 31.1 Å². The maximum absolute atomic E-state index is 13.4. The van der Waals surface area contributed by atoms with Crippen molar-refractivity contribution >= 4 is 17.6 Å². The van der Waals surface area contributed by atoms with Gasteiger partial charge in [-0.25, -0.2) is 10.5 Å². The van der Waals surface area contributed by atoms with Crippen LogP contribution >= 0.6 is 0 Å². The number of aromatic nitrogens is 1. The van der Waals surface area contributed by atoms with Gasteiger partial charge in [0.05, 0.1) is 12.5 Å². The van der Waals surface area contributed by atoms with Crippen LogP contribution in [0.2, 0.25) is 0 Å². The van der Waals surface area contributed by atoms with Crippen molar-refractivity contribution in [1.29, 1.82) is 0 Å². The molecule has 1 aliphatic rings. The summed E-state index contributed by atoms with van der Waals surface area (Å²) in [6.07, 6.45) is 1.71. The summed E-state index contributed by atoms with van der Waals surface area (Å²) in [5.41, 5.74) is 2.56. The summed E-state index contributed by atoms with van der Waals surface area (Å²) in [7, 11) is 0. The number of nitrogens with zero attached hydrogens (tertiary/aromatic N) is 3. The number of amides is 2. The molecule has 1 aromatic carbocycles. The number of benzene rings is 1. The number of aliphatic hydroxyl groups excluding tert-OH is 1. The lowest BCUT2D eigenvalue weighted by Gasteiger charge is -2.42. The number of anilines is 1. The molecule has 3 rings (SSSR count). The van der Waals surface area contributed by atoms with Gasteiger partial charge in [-0.1, -0.05) is 18.2 Å². The first-order valence-electron chi connectivity index (χ1n) is 11.7. The van der Waals surface area contributed by atoms with Gasteiger partial charge >= 0.3 is 0 Å². The molecule has 0 radical (unpaired) electrons. The maximum Gasteiger partial charge on any atom is 0.272 e. The predicted octanol–water partition coefficient (Wildman–Crippen LogP) is 2.02. The fourth-order valence-electron chi connectivity index (χ4n) is 4.36. The fraction of sp³-hybridized carbons (Fsp3) is 0.480. The molecular weight excluding hydrogens is 436 g/mol. The maximum atomic E-state index is 13.4. The minimum Gasteiger partial charge on any atom is -0.494 e. The summed E-state index contributed by atoms with van der Waals surface area (Å²) in [5, 5.41) is 19.6. The molecule has 1 aromatic heterocycles. The second-order valence-electron chi connectivity index (χ2n) is 8.51. The minimum atomic E-state index is -1.63. The number of rotatable bonds is 10. The summed E-state index contributed by atoms with van der Waals surface area (Å²) in [4.78, 5) is 33.6. The van der Waals surface area contributed by atoms with E-state index in [0.717, 1.165) is 17.1 Å². The van der Waals surface area contributed by atoms with E-state index in [4.69, 9.17) is 9.94 Å². The number of pyridine rings is 1. The average Bonchev–Trinajstić information content (AvgIpc) is 2.87. The monoisotopic (exact) mass is 470 g/mol. The Hall–Kier alpha value is -3.17. The molecule has 2 amide bonds. The Morgan fingerprint density at radius 3 is 2.59 bits per heavy atom. The highest BCUT2D eigenvalue weighted by atomic mass is 16.5. The number of ether oxygens (including phenoxy) is 1. The molecule has 0 saturated carbocycles. The van der Waals surface area contributed by atoms with Crippen molar-refractivity contribution in [2.45, 2.75) is 45.3 Å². The number of hydrogen-bond donors (Lipinski definition) is 3. The third-order valence-corrected chi connectivity index (χ3v) is 6.18. The van der Waals surface area contributed by atoms with E-state index >= 15 is 0 Å². The molecular formula is C25H34N4O5. The number of hydrogen-bond acceptors (Lipinski definition) is 7. The number of carbonyl (C=O) groups is 2. The number of nitrogens with one attached hydrogen (secondary N) is 1. The second-order valence-corrected chi connectivity index (χ2v) is 8.51. The molecule has 2 heterocycles. The molecule has 0 aliphatic carbocycles. The second kappa shape index (κ2) is 12.3. The first-order valence-corrected chi connectivity index (χ1v) is 11.7. The van der Waals surface area contributed by atoms with Crippen LogP contribution in [0.3, 0.4) is 0 Å². The minimum absolute atomic E-state index is 0.124. The van der Waals surface area contributed by atoms with Crippen molar-refractivity contribution in [3.63, 3.8) is 0 Å². The van der Waals surface area contributed by atoms with Crippen LogP contribution in [0.5, 0.6) is 5.75 Å². The Bertz CT molecular complexity index is 925. The molecule has 9 heteroatoms. The summed E-state index contributed by atoms with van der Waals surface area (Å²) >= 11 is 0. The highest BCUT2D eigenvalue weighted by molar-refractivity contribution is 5.89. The van der Waals surface area contributed by atoms with E-state index in [0.29, 0.717) is 45.5 Å². The lowest BCUT2D eigenvalue weighted by atomic mass is 9.91. The van der Waals surface area contributed by atoms with Crippen LogP contribution in [-0.2, 0) is 16.0 Å². The highest BCUT2D eigenvalue weighted by Gasteiger charge is 2.38. The number of aliphatic hydroxyl groups is 1. The third kappa shape index (κ3) is 6.45. The van der Waals surface area contributed by atoms with E-state index in [-0.39, 0.29) is 11.9 Å². The average molecular weight is 471 g/mol. The van der Waals surface area contributed by atoms with Gasteiger partial charge in [0.1, 0.15) is 17.7 Å². The van der Waals surface area contributed by atoms with Crippen LogP contribution in [0.1, 0.15) is 32.3 Å². The van der Waals surface area contributed by atoms with E-state index < -0.39 is 17.9 Å². The molecule has 1 aliphatic heterocycles. The zero-order valence-corrected chi connectivity index (χ0v) is 19.8. The molecule has 0 spiro atoms. The van der Waals surface area contributed by atoms with Gasteiger partial charge in [0.15, 0.2) is 0 Å². The van der Waals surface area contributed by atoms with Crippen molar-refractivity contribution in [2.24, 2.45) is 5.92 Å². The van der Waals surface area contributed by atoms with E-state index in [1.807, 2.05) is 56.3 Å². The summed E-state index contributed by atoms with van der Waals surface area (Å²) in [5.74, 6) is -0.546. The van der Waals surface area contributed by atoms with Gasteiger partial charge < -0.3 is 19.6 Å². The number of aryl methyl sites for hydroxylation is 1. The highest BCUT2D eigenvalue weighted by Crippen LogP contribution is 2.23. The molecule has 2 aromatic rings. The van der Waals surface area contributed by atoms with Gasteiger partial charge in [-0.3, -0.25) is 14.8 Å². The Morgan fingerprint density at radius 1 is 1.21 bits per heavy atom. The van der Waals surface area contributed by atoms with Crippen LogP contribution in [0.15, 0.2) is 48.7 Å². The fourth-order valence-corrected chi connectivity index (χ4v) is 4.36. The summed E-state index contributed by atoms with van der Waals surface area (Å²) < 4.78 is 5.46. The summed E-state index contributed by atoms with van der Waals surface area (Å²) in [6.45, 7) is 6.14. The van der Waals surface area contributed by atoms with Crippen molar-refractivity contribution in [3.8, 4) is 5.75 Å². The van der Waals surface area contributed by atoms with Gasteiger partial charge in [-0.15, -0.1) is 0 Å². The molecule has 9 nitrogen and oxygen atoms in total. The van der Waals surface area contributed by atoms with Gasteiger partial charge in [0.25, 0.3) is 5.91 Å². The largest absolute Gasteiger partial charge is 0.494 e. The molecule has 1 saturated heterocycles. The smallest absolute Gasteiger partial charge is 0.272 e.